The van der Waals surface area contributed by atoms with Crippen LogP contribution in [-0.4, -0.2) is 67.6 Å². The van der Waals surface area contributed by atoms with E-state index in [1.165, 1.54) is 0 Å². The number of hydrogen-bond acceptors (Lipinski definition) is 5. The molecule has 8 nitrogen and oxygen atoms in total. The van der Waals surface area contributed by atoms with Crippen LogP contribution in [0.25, 0.3) is 0 Å². The first-order chi connectivity index (χ1) is 14.7. The van der Waals surface area contributed by atoms with Gasteiger partial charge in [0.25, 0.3) is 0 Å². The Labute approximate surface area is 185 Å². The first-order valence-corrected chi connectivity index (χ1v) is 12.3. The van der Waals surface area contributed by atoms with Crippen molar-refractivity contribution in [2.45, 2.75) is 44.2 Å². The van der Waals surface area contributed by atoms with E-state index in [0.29, 0.717) is 37.0 Å². The van der Waals surface area contributed by atoms with E-state index in [1.807, 2.05) is 46.3 Å². The molecular formula is C22H33N5O3S. The van der Waals surface area contributed by atoms with Crippen molar-refractivity contribution in [2.24, 2.45) is 12.0 Å². The molecule has 1 aliphatic heterocycles. The summed E-state index contributed by atoms with van der Waals surface area (Å²) < 4.78 is 33.7. The third-order valence-corrected chi connectivity index (χ3v) is 7.57. The van der Waals surface area contributed by atoms with Crippen LogP contribution < -0.4 is 5.32 Å². The van der Waals surface area contributed by atoms with Crippen molar-refractivity contribution in [3.8, 4) is 0 Å². The lowest BCUT2D eigenvalue weighted by molar-refractivity contribution is -0.00819. The number of guanidine groups is 1. The van der Waals surface area contributed by atoms with E-state index in [9.17, 15) is 8.42 Å². The smallest absolute Gasteiger partial charge is 0.194 e. The number of aliphatic imine (C=N–C) groups is 1. The molecule has 170 valence electrons. The average Bonchev–Trinajstić information content (AvgIpc) is 3.19. The van der Waals surface area contributed by atoms with Gasteiger partial charge in [-0.25, -0.2) is 8.42 Å². The molecule has 2 atom stereocenters. The van der Waals surface area contributed by atoms with Gasteiger partial charge in [-0.05, 0) is 43.5 Å². The summed E-state index contributed by atoms with van der Waals surface area (Å²) in [7, 11) is 0.187. The molecule has 1 aromatic carbocycles. The number of sulfone groups is 1. The lowest BCUT2D eigenvalue weighted by Crippen LogP contribution is -2.52. The molecule has 1 aliphatic rings. The maximum Gasteiger partial charge on any atom is 0.194 e. The fraction of sp³-hybridized carbons (Fsp3) is 0.545. The summed E-state index contributed by atoms with van der Waals surface area (Å²) in [6.45, 7) is 7.79. The van der Waals surface area contributed by atoms with Crippen LogP contribution in [0.4, 0.5) is 0 Å². The van der Waals surface area contributed by atoms with Crippen molar-refractivity contribution < 1.29 is 13.2 Å². The Balaban J connectivity index is 1.69. The molecule has 0 bridgehead atoms. The molecule has 2 unspecified atom stereocenters. The summed E-state index contributed by atoms with van der Waals surface area (Å²) in [5, 5.41) is 7.60. The standard InChI is InChI=1S/C22H33N5O3S/c1-6-19(15-31(28,29)20-8-7-16(2)17(3)11-20)25-22(23-4)27-9-10-30-21(14-27)18-12-24-26(5)13-18/h7-8,11-13,19,21H,6,9-10,14-15H2,1-5H3,(H,23,25). The minimum Gasteiger partial charge on any atom is -0.370 e. The fourth-order valence-corrected chi connectivity index (χ4v) is 5.33. The predicted octanol–water partition coefficient (Wildman–Crippen LogP) is 2.24. The van der Waals surface area contributed by atoms with Crippen LogP contribution in [-0.2, 0) is 21.6 Å². The molecular weight excluding hydrogens is 414 g/mol. The van der Waals surface area contributed by atoms with Crippen LogP contribution in [0.15, 0.2) is 40.5 Å². The number of nitrogens with one attached hydrogen (secondary N) is 1. The molecule has 2 heterocycles. The normalized spacial score (nSPS) is 18.8. The van der Waals surface area contributed by atoms with E-state index in [0.717, 1.165) is 16.7 Å². The third-order valence-electron chi connectivity index (χ3n) is 5.76. The minimum atomic E-state index is -3.42. The highest BCUT2D eigenvalue weighted by molar-refractivity contribution is 7.91. The van der Waals surface area contributed by atoms with Crippen LogP contribution in [0.2, 0.25) is 0 Å². The van der Waals surface area contributed by atoms with E-state index < -0.39 is 9.84 Å². The second kappa shape index (κ2) is 9.82. The van der Waals surface area contributed by atoms with Crippen molar-refractivity contribution in [2.75, 3.05) is 32.5 Å². The first-order valence-electron chi connectivity index (χ1n) is 10.6. The van der Waals surface area contributed by atoms with Gasteiger partial charge in [0, 0.05) is 38.4 Å². The van der Waals surface area contributed by atoms with Gasteiger partial charge >= 0.3 is 0 Å². The van der Waals surface area contributed by atoms with Crippen LogP contribution in [0.1, 0.15) is 36.1 Å². The highest BCUT2D eigenvalue weighted by atomic mass is 32.2. The van der Waals surface area contributed by atoms with E-state index in [1.54, 1.807) is 23.9 Å². The van der Waals surface area contributed by atoms with Crippen LogP contribution in [0.5, 0.6) is 0 Å². The molecule has 0 spiro atoms. The molecule has 0 amide bonds. The van der Waals surface area contributed by atoms with Crippen molar-refractivity contribution in [1.29, 1.82) is 0 Å². The third kappa shape index (κ3) is 5.65. The van der Waals surface area contributed by atoms with E-state index >= 15 is 0 Å². The lowest BCUT2D eigenvalue weighted by Gasteiger charge is -2.36. The molecule has 9 heteroatoms. The molecule has 3 rings (SSSR count). The average molecular weight is 448 g/mol. The van der Waals surface area contributed by atoms with E-state index in [2.05, 4.69) is 20.3 Å². The number of aromatic nitrogens is 2. The van der Waals surface area contributed by atoms with Gasteiger partial charge in [0.1, 0.15) is 6.10 Å². The molecule has 0 saturated carbocycles. The predicted molar refractivity (Wildman–Crippen MR) is 122 cm³/mol. The molecule has 31 heavy (non-hydrogen) atoms. The number of morpholine rings is 1. The molecule has 1 aromatic heterocycles. The van der Waals surface area contributed by atoms with Gasteiger partial charge in [-0.3, -0.25) is 9.67 Å². The molecule has 1 saturated heterocycles. The first kappa shape index (κ1) is 23.3. The molecule has 0 radical (unpaired) electrons. The zero-order valence-electron chi connectivity index (χ0n) is 19.0. The zero-order valence-corrected chi connectivity index (χ0v) is 19.8. The van der Waals surface area contributed by atoms with Crippen molar-refractivity contribution in [3.05, 3.63) is 47.3 Å². The van der Waals surface area contributed by atoms with E-state index in [-0.39, 0.29) is 17.9 Å². The summed E-state index contributed by atoms with van der Waals surface area (Å²) in [5.41, 5.74) is 3.08. The maximum atomic E-state index is 13.0. The monoisotopic (exact) mass is 447 g/mol. The second-order valence-corrected chi connectivity index (χ2v) is 10.1. The number of rotatable bonds is 6. The highest BCUT2D eigenvalue weighted by Crippen LogP contribution is 2.22. The van der Waals surface area contributed by atoms with E-state index in [4.69, 9.17) is 4.74 Å². The summed E-state index contributed by atoms with van der Waals surface area (Å²) in [6, 6.07) is 5.07. The Morgan fingerprint density at radius 3 is 2.74 bits per heavy atom. The number of aryl methyl sites for hydroxylation is 3. The Kier molecular flexibility index (Phi) is 7.38. The molecule has 1 fully saturated rings. The summed E-state index contributed by atoms with van der Waals surface area (Å²) in [4.78, 5) is 6.91. The SMILES string of the molecule is CCC(CS(=O)(=O)c1ccc(C)c(C)c1)NC(=NC)N1CCOC(c2cnn(C)c2)C1. The van der Waals surface area contributed by atoms with Crippen molar-refractivity contribution in [3.63, 3.8) is 0 Å². The molecule has 2 aromatic rings. The summed E-state index contributed by atoms with van der Waals surface area (Å²) in [6.07, 6.45) is 4.34. The maximum absolute atomic E-state index is 13.0. The largest absolute Gasteiger partial charge is 0.370 e. The quantitative estimate of drug-likeness (QED) is 0.540. The Morgan fingerprint density at radius 2 is 2.13 bits per heavy atom. The molecule has 0 aliphatic carbocycles. The van der Waals surface area contributed by atoms with Crippen LogP contribution in [0.3, 0.4) is 0 Å². The van der Waals surface area contributed by atoms with Gasteiger partial charge in [0.05, 0.1) is 30.0 Å². The van der Waals surface area contributed by atoms with Crippen molar-refractivity contribution >= 4 is 15.8 Å². The Bertz CT molecular complexity index is 1030. The highest BCUT2D eigenvalue weighted by Gasteiger charge is 2.27. The van der Waals surface area contributed by atoms with Gasteiger partial charge < -0.3 is 15.0 Å². The summed E-state index contributed by atoms with van der Waals surface area (Å²) in [5.74, 6) is 0.709. The number of benzene rings is 1. The van der Waals surface area contributed by atoms with Gasteiger partial charge in [0.15, 0.2) is 15.8 Å². The number of hydrogen-bond donors (Lipinski definition) is 1. The fourth-order valence-electron chi connectivity index (χ4n) is 3.66. The topological polar surface area (TPSA) is 88.8 Å². The Morgan fingerprint density at radius 1 is 1.35 bits per heavy atom. The number of nitrogens with zero attached hydrogens (tertiary/aromatic N) is 4. The van der Waals surface area contributed by atoms with Crippen molar-refractivity contribution in [1.82, 2.24) is 20.0 Å². The summed E-state index contributed by atoms with van der Waals surface area (Å²) >= 11 is 0. The van der Waals surface area contributed by atoms with Gasteiger partial charge in [-0.1, -0.05) is 13.0 Å². The minimum absolute atomic E-state index is 0.0153. The van der Waals surface area contributed by atoms with Crippen LogP contribution in [0, 0.1) is 13.8 Å². The lowest BCUT2D eigenvalue weighted by atomic mass is 10.1. The van der Waals surface area contributed by atoms with Crippen LogP contribution >= 0.6 is 0 Å². The van der Waals surface area contributed by atoms with Gasteiger partial charge in [-0.15, -0.1) is 0 Å². The molecule has 1 N–H and O–H groups in total. The Hall–Kier alpha value is -2.39. The zero-order chi connectivity index (χ0) is 22.6. The van der Waals surface area contributed by atoms with Gasteiger partial charge in [0.2, 0.25) is 0 Å². The second-order valence-electron chi connectivity index (χ2n) is 8.08. The van der Waals surface area contributed by atoms with Gasteiger partial charge in [-0.2, -0.15) is 5.10 Å². The number of ether oxygens (including phenoxy) is 1.